The van der Waals surface area contributed by atoms with Gasteiger partial charge in [-0.05, 0) is 66.3 Å². The standard InChI is InChI=1S/C19H19N5OS/c1-12-6-9-16(26-2)11-17(12)19(25)20-14-5-3-4-13(10-14)18-21-22-23-24(18)15-7-8-15/h3-6,9-11,15H,7-8H2,1-2H3,(H,20,25). The van der Waals surface area contributed by atoms with Crippen LogP contribution in [0.25, 0.3) is 11.4 Å². The van der Waals surface area contributed by atoms with Gasteiger partial charge >= 0.3 is 0 Å². The van der Waals surface area contributed by atoms with Gasteiger partial charge in [0.1, 0.15) is 0 Å². The number of amides is 1. The number of aromatic nitrogens is 4. The van der Waals surface area contributed by atoms with Crippen molar-refractivity contribution in [1.29, 1.82) is 0 Å². The third kappa shape index (κ3) is 3.35. The fourth-order valence-corrected chi connectivity index (χ4v) is 3.30. The molecule has 26 heavy (non-hydrogen) atoms. The molecule has 1 aliphatic carbocycles. The Bertz CT molecular complexity index is 964. The maximum Gasteiger partial charge on any atom is 0.255 e. The van der Waals surface area contributed by atoms with Gasteiger partial charge in [0.15, 0.2) is 5.82 Å². The maximum absolute atomic E-state index is 12.7. The Balaban J connectivity index is 1.59. The molecule has 2 aromatic carbocycles. The van der Waals surface area contributed by atoms with Gasteiger partial charge in [-0.25, -0.2) is 4.68 Å². The summed E-state index contributed by atoms with van der Waals surface area (Å²) in [5.41, 5.74) is 3.26. The molecule has 1 aromatic heterocycles. The van der Waals surface area contributed by atoms with Crippen molar-refractivity contribution < 1.29 is 4.79 Å². The van der Waals surface area contributed by atoms with Gasteiger partial charge in [-0.2, -0.15) is 0 Å². The van der Waals surface area contributed by atoms with E-state index in [0.717, 1.165) is 40.4 Å². The number of nitrogens with one attached hydrogen (secondary N) is 1. The minimum Gasteiger partial charge on any atom is -0.322 e. The summed E-state index contributed by atoms with van der Waals surface area (Å²) in [6.45, 7) is 1.94. The Morgan fingerprint density at radius 1 is 1.23 bits per heavy atom. The van der Waals surface area contributed by atoms with E-state index >= 15 is 0 Å². The Hall–Kier alpha value is -2.67. The number of aryl methyl sites for hydroxylation is 1. The van der Waals surface area contributed by atoms with Crippen LogP contribution in [0.1, 0.15) is 34.8 Å². The molecule has 7 heteroatoms. The Morgan fingerprint density at radius 2 is 2.08 bits per heavy atom. The predicted molar refractivity (Wildman–Crippen MR) is 102 cm³/mol. The van der Waals surface area contributed by atoms with E-state index in [-0.39, 0.29) is 5.91 Å². The first-order chi connectivity index (χ1) is 12.7. The van der Waals surface area contributed by atoms with Gasteiger partial charge < -0.3 is 5.32 Å². The summed E-state index contributed by atoms with van der Waals surface area (Å²) in [5.74, 6) is 0.626. The van der Waals surface area contributed by atoms with E-state index in [1.165, 1.54) is 0 Å². The lowest BCUT2D eigenvalue weighted by atomic mass is 10.1. The van der Waals surface area contributed by atoms with Crippen LogP contribution in [0.3, 0.4) is 0 Å². The van der Waals surface area contributed by atoms with Gasteiger partial charge in [0.05, 0.1) is 6.04 Å². The monoisotopic (exact) mass is 365 g/mol. The van der Waals surface area contributed by atoms with E-state index in [1.807, 2.05) is 60.3 Å². The number of hydrogen-bond donors (Lipinski definition) is 1. The van der Waals surface area contributed by atoms with Crippen molar-refractivity contribution >= 4 is 23.4 Å². The molecule has 0 atom stereocenters. The highest BCUT2D eigenvalue weighted by Gasteiger charge is 2.28. The molecule has 0 unspecified atom stereocenters. The zero-order chi connectivity index (χ0) is 18.1. The normalized spacial score (nSPS) is 13.6. The van der Waals surface area contributed by atoms with Crippen molar-refractivity contribution in [2.45, 2.75) is 30.7 Å². The first kappa shape index (κ1) is 16.8. The molecule has 0 spiro atoms. The number of nitrogens with zero attached hydrogens (tertiary/aromatic N) is 4. The van der Waals surface area contributed by atoms with Crippen molar-refractivity contribution in [3.8, 4) is 11.4 Å². The molecule has 1 N–H and O–H groups in total. The fourth-order valence-electron chi connectivity index (χ4n) is 2.86. The van der Waals surface area contributed by atoms with Crippen LogP contribution in [0.4, 0.5) is 5.69 Å². The summed E-state index contributed by atoms with van der Waals surface area (Å²) >= 11 is 1.62. The van der Waals surface area contributed by atoms with Crippen LogP contribution in [0.5, 0.6) is 0 Å². The van der Waals surface area contributed by atoms with Crippen molar-refractivity contribution in [2.24, 2.45) is 0 Å². The topological polar surface area (TPSA) is 72.7 Å². The summed E-state index contributed by atoms with van der Waals surface area (Å²) in [4.78, 5) is 13.8. The summed E-state index contributed by atoms with van der Waals surface area (Å²) in [7, 11) is 0. The summed E-state index contributed by atoms with van der Waals surface area (Å²) < 4.78 is 1.87. The lowest BCUT2D eigenvalue weighted by Gasteiger charge is -2.10. The highest BCUT2D eigenvalue weighted by atomic mass is 32.2. The van der Waals surface area contributed by atoms with Gasteiger partial charge in [-0.15, -0.1) is 16.9 Å². The zero-order valence-corrected chi connectivity index (χ0v) is 15.5. The number of thioether (sulfide) groups is 1. The smallest absolute Gasteiger partial charge is 0.255 e. The quantitative estimate of drug-likeness (QED) is 0.693. The van der Waals surface area contributed by atoms with Crippen molar-refractivity contribution in [1.82, 2.24) is 20.2 Å². The molecule has 0 radical (unpaired) electrons. The van der Waals surface area contributed by atoms with Crippen LogP contribution >= 0.6 is 11.8 Å². The molecular weight excluding hydrogens is 346 g/mol. The third-order valence-electron chi connectivity index (χ3n) is 4.45. The Morgan fingerprint density at radius 3 is 2.85 bits per heavy atom. The number of carbonyl (C=O) groups is 1. The van der Waals surface area contributed by atoms with Crippen LogP contribution < -0.4 is 5.32 Å². The summed E-state index contributed by atoms with van der Waals surface area (Å²) in [5, 5.41) is 15.0. The van der Waals surface area contributed by atoms with Gasteiger partial charge in [-0.1, -0.05) is 18.2 Å². The van der Waals surface area contributed by atoms with Gasteiger partial charge in [-0.3, -0.25) is 4.79 Å². The van der Waals surface area contributed by atoms with E-state index in [0.29, 0.717) is 11.6 Å². The van der Waals surface area contributed by atoms with Crippen molar-refractivity contribution in [3.63, 3.8) is 0 Å². The minimum absolute atomic E-state index is 0.114. The fraction of sp³-hybridized carbons (Fsp3) is 0.263. The number of anilines is 1. The van der Waals surface area contributed by atoms with Crippen LogP contribution in [0, 0.1) is 6.92 Å². The molecule has 6 nitrogen and oxygen atoms in total. The molecule has 1 fully saturated rings. The SMILES string of the molecule is CSc1ccc(C)c(C(=O)Nc2cccc(-c3nnnn3C3CC3)c2)c1. The Kier molecular flexibility index (Phi) is 4.46. The molecule has 3 aromatic rings. The third-order valence-corrected chi connectivity index (χ3v) is 5.18. The second-order valence-electron chi connectivity index (χ2n) is 6.39. The molecule has 1 aliphatic rings. The predicted octanol–water partition coefficient (Wildman–Crippen LogP) is 3.96. The molecule has 0 saturated heterocycles. The van der Waals surface area contributed by atoms with Gasteiger partial charge in [0.2, 0.25) is 0 Å². The molecule has 0 bridgehead atoms. The average Bonchev–Trinajstić information content (AvgIpc) is 3.38. The summed E-state index contributed by atoms with van der Waals surface area (Å²) in [6, 6.07) is 14.0. The first-order valence-electron chi connectivity index (χ1n) is 8.50. The minimum atomic E-state index is -0.114. The molecule has 1 saturated carbocycles. The Labute approximate surface area is 156 Å². The van der Waals surface area contributed by atoms with Crippen LogP contribution in [-0.2, 0) is 0 Å². The van der Waals surface area contributed by atoms with Crippen LogP contribution in [0.15, 0.2) is 47.4 Å². The van der Waals surface area contributed by atoms with E-state index in [9.17, 15) is 4.79 Å². The zero-order valence-electron chi connectivity index (χ0n) is 14.6. The van der Waals surface area contributed by atoms with E-state index in [1.54, 1.807) is 11.8 Å². The lowest BCUT2D eigenvalue weighted by molar-refractivity contribution is 0.102. The number of rotatable bonds is 5. The second-order valence-corrected chi connectivity index (χ2v) is 7.27. The first-order valence-corrected chi connectivity index (χ1v) is 9.72. The number of benzene rings is 2. The van der Waals surface area contributed by atoms with Gasteiger partial charge in [0.25, 0.3) is 5.91 Å². The number of carbonyl (C=O) groups excluding carboxylic acids is 1. The molecule has 4 rings (SSSR count). The molecular formula is C19H19N5OS. The molecule has 0 aliphatic heterocycles. The van der Waals surface area contributed by atoms with Crippen LogP contribution in [-0.4, -0.2) is 32.4 Å². The second kappa shape index (κ2) is 6.92. The van der Waals surface area contributed by atoms with Crippen LogP contribution in [0.2, 0.25) is 0 Å². The van der Waals surface area contributed by atoms with E-state index in [2.05, 4.69) is 20.8 Å². The molecule has 132 valence electrons. The average molecular weight is 365 g/mol. The maximum atomic E-state index is 12.7. The number of hydrogen-bond acceptors (Lipinski definition) is 5. The highest BCUT2D eigenvalue weighted by Crippen LogP contribution is 2.36. The number of tetrazole rings is 1. The van der Waals surface area contributed by atoms with E-state index < -0.39 is 0 Å². The largest absolute Gasteiger partial charge is 0.322 e. The van der Waals surface area contributed by atoms with Crippen molar-refractivity contribution in [2.75, 3.05) is 11.6 Å². The summed E-state index contributed by atoms with van der Waals surface area (Å²) in [6.07, 6.45) is 4.22. The lowest BCUT2D eigenvalue weighted by Crippen LogP contribution is -2.13. The van der Waals surface area contributed by atoms with Gasteiger partial charge in [0, 0.05) is 21.7 Å². The van der Waals surface area contributed by atoms with Crippen molar-refractivity contribution in [3.05, 3.63) is 53.6 Å². The molecule has 1 amide bonds. The highest BCUT2D eigenvalue weighted by molar-refractivity contribution is 7.98. The van der Waals surface area contributed by atoms with E-state index in [4.69, 9.17) is 0 Å². The molecule has 1 heterocycles.